The van der Waals surface area contributed by atoms with Crippen LogP contribution in [-0.2, 0) is 0 Å². The summed E-state index contributed by atoms with van der Waals surface area (Å²) >= 11 is 0. The molecular formula is C9H20ClNO. The van der Waals surface area contributed by atoms with Crippen molar-refractivity contribution in [2.24, 2.45) is 0 Å². The summed E-state index contributed by atoms with van der Waals surface area (Å²) in [5.74, 6) is 0. The first-order chi connectivity index (χ1) is 5.33. The third-order valence-electron chi connectivity index (χ3n) is 2.93. The Morgan fingerprint density at radius 3 is 2.25 bits per heavy atom. The van der Waals surface area contributed by atoms with Crippen LogP contribution in [0.1, 0.15) is 38.5 Å². The van der Waals surface area contributed by atoms with E-state index in [9.17, 15) is 0 Å². The molecule has 0 aliphatic heterocycles. The molecule has 0 aromatic carbocycles. The Kier molecular flexibility index (Phi) is 5.89. The van der Waals surface area contributed by atoms with Gasteiger partial charge in [-0.15, -0.1) is 12.4 Å². The number of aliphatic hydroxyl groups is 1. The van der Waals surface area contributed by atoms with Crippen molar-refractivity contribution in [1.29, 1.82) is 0 Å². The Bertz CT molecular complexity index is 108. The molecule has 0 heterocycles. The summed E-state index contributed by atoms with van der Waals surface area (Å²) in [6, 6.07) is 0. The monoisotopic (exact) mass is 193 g/mol. The van der Waals surface area contributed by atoms with Crippen molar-refractivity contribution in [3.63, 3.8) is 0 Å². The first-order valence-electron chi connectivity index (χ1n) is 4.63. The molecule has 0 atom stereocenters. The summed E-state index contributed by atoms with van der Waals surface area (Å²) in [5, 5.41) is 12.2. The van der Waals surface area contributed by atoms with E-state index in [4.69, 9.17) is 5.11 Å². The van der Waals surface area contributed by atoms with Gasteiger partial charge in [-0.1, -0.05) is 19.3 Å². The van der Waals surface area contributed by atoms with E-state index >= 15 is 0 Å². The van der Waals surface area contributed by atoms with E-state index in [1.165, 1.54) is 32.1 Å². The highest BCUT2D eigenvalue weighted by Gasteiger charge is 2.28. The van der Waals surface area contributed by atoms with E-state index in [1.807, 2.05) is 7.05 Å². The van der Waals surface area contributed by atoms with Crippen molar-refractivity contribution in [2.45, 2.75) is 44.1 Å². The number of hydrogen-bond donors (Lipinski definition) is 2. The third-order valence-corrected chi connectivity index (χ3v) is 2.93. The molecule has 1 aliphatic carbocycles. The highest BCUT2D eigenvalue weighted by atomic mass is 35.5. The zero-order valence-electron chi connectivity index (χ0n) is 7.81. The molecule has 2 nitrogen and oxygen atoms in total. The molecule has 0 radical (unpaired) electrons. The number of halogens is 1. The first-order valence-corrected chi connectivity index (χ1v) is 4.63. The van der Waals surface area contributed by atoms with E-state index in [1.54, 1.807) is 0 Å². The number of aliphatic hydroxyl groups excluding tert-OH is 1. The minimum Gasteiger partial charge on any atom is -0.396 e. The Morgan fingerprint density at radius 1 is 1.25 bits per heavy atom. The van der Waals surface area contributed by atoms with Gasteiger partial charge in [0.25, 0.3) is 0 Å². The van der Waals surface area contributed by atoms with Gasteiger partial charge in [-0.05, 0) is 26.3 Å². The van der Waals surface area contributed by atoms with E-state index in [-0.39, 0.29) is 17.9 Å². The van der Waals surface area contributed by atoms with E-state index in [0.29, 0.717) is 6.61 Å². The van der Waals surface area contributed by atoms with Crippen LogP contribution >= 0.6 is 12.4 Å². The molecule has 1 saturated carbocycles. The Morgan fingerprint density at radius 2 is 1.83 bits per heavy atom. The second kappa shape index (κ2) is 5.79. The SMILES string of the molecule is CNC1(CCO)CCCCC1.Cl. The number of hydrogen-bond acceptors (Lipinski definition) is 2. The molecule has 0 bridgehead atoms. The quantitative estimate of drug-likeness (QED) is 0.716. The average molecular weight is 194 g/mol. The Balaban J connectivity index is 0.00000121. The fourth-order valence-corrected chi connectivity index (χ4v) is 2.07. The number of nitrogens with one attached hydrogen (secondary N) is 1. The maximum Gasteiger partial charge on any atom is 0.0448 e. The van der Waals surface area contributed by atoms with Gasteiger partial charge in [0.15, 0.2) is 0 Å². The fraction of sp³-hybridized carbons (Fsp3) is 1.00. The second-order valence-corrected chi connectivity index (χ2v) is 3.56. The smallest absolute Gasteiger partial charge is 0.0448 e. The van der Waals surface area contributed by atoms with E-state index < -0.39 is 0 Å². The molecule has 2 N–H and O–H groups in total. The molecule has 12 heavy (non-hydrogen) atoms. The highest BCUT2D eigenvalue weighted by molar-refractivity contribution is 5.85. The minimum atomic E-state index is 0. The van der Waals surface area contributed by atoms with Crippen molar-refractivity contribution >= 4 is 12.4 Å². The molecular weight excluding hydrogens is 174 g/mol. The maximum absolute atomic E-state index is 8.87. The van der Waals surface area contributed by atoms with Gasteiger partial charge < -0.3 is 10.4 Å². The van der Waals surface area contributed by atoms with Gasteiger partial charge >= 0.3 is 0 Å². The van der Waals surface area contributed by atoms with Crippen molar-refractivity contribution in [1.82, 2.24) is 5.32 Å². The molecule has 1 aliphatic rings. The summed E-state index contributed by atoms with van der Waals surface area (Å²) < 4.78 is 0. The van der Waals surface area contributed by atoms with Crippen LogP contribution < -0.4 is 5.32 Å². The summed E-state index contributed by atoms with van der Waals surface area (Å²) in [4.78, 5) is 0. The van der Waals surface area contributed by atoms with Crippen LogP contribution in [0.2, 0.25) is 0 Å². The molecule has 0 aromatic rings. The molecule has 0 unspecified atom stereocenters. The topological polar surface area (TPSA) is 32.3 Å². The van der Waals surface area contributed by atoms with Crippen molar-refractivity contribution in [2.75, 3.05) is 13.7 Å². The van der Waals surface area contributed by atoms with Crippen LogP contribution in [0.4, 0.5) is 0 Å². The van der Waals surface area contributed by atoms with Crippen LogP contribution in [0.5, 0.6) is 0 Å². The standard InChI is InChI=1S/C9H19NO.ClH/c1-10-9(7-8-11)5-3-2-4-6-9;/h10-11H,2-8H2,1H3;1H. The van der Waals surface area contributed by atoms with Crippen molar-refractivity contribution in [3.05, 3.63) is 0 Å². The lowest BCUT2D eigenvalue weighted by atomic mass is 9.80. The average Bonchev–Trinajstić information content (AvgIpc) is 2.07. The lowest BCUT2D eigenvalue weighted by Crippen LogP contribution is -2.45. The van der Waals surface area contributed by atoms with Gasteiger partial charge in [-0.2, -0.15) is 0 Å². The van der Waals surface area contributed by atoms with Gasteiger partial charge in [-0.3, -0.25) is 0 Å². The molecule has 0 aromatic heterocycles. The lowest BCUT2D eigenvalue weighted by molar-refractivity contribution is 0.174. The van der Waals surface area contributed by atoms with Crippen molar-refractivity contribution in [3.8, 4) is 0 Å². The molecule has 0 amide bonds. The van der Waals surface area contributed by atoms with Crippen LogP contribution in [0.15, 0.2) is 0 Å². The van der Waals surface area contributed by atoms with Gasteiger partial charge in [0, 0.05) is 12.1 Å². The normalized spacial score (nSPS) is 21.5. The first kappa shape index (κ1) is 12.2. The predicted molar refractivity (Wildman–Crippen MR) is 53.8 cm³/mol. The molecule has 74 valence electrons. The van der Waals surface area contributed by atoms with Gasteiger partial charge in [0.2, 0.25) is 0 Å². The summed E-state index contributed by atoms with van der Waals surface area (Å²) in [6.07, 6.45) is 7.41. The summed E-state index contributed by atoms with van der Waals surface area (Å²) in [7, 11) is 2.01. The third kappa shape index (κ3) is 2.92. The Hall–Kier alpha value is 0.210. The molecule has 1 rings (SSSR count). The fourth-order valence-electron chi connectivity index (χ4n) is 2.07. The van der Waals surface area contributed by atoms with Gasteiger partial charge in [0.1, 0.15) is 0 Å². The predicted octanol–water partition coefficient (Wildman–Crippen LogP) is 1.71. The van der Waals surface area contributed by atoms with Crippen LogP contribution in [0, 0.1) is 0 Å². The lowest BCUT2D eigenvalue weighted by Gasteiger charge is -2.36. The maximum atomic E-state index is 8.87. The highest BCUT2D eigenvalue weighted by Crippen LogP contribution is 2.30. The zero-order valence-corrected chi connectivity index (χ0v) is 8.62. The summed E-state index contributed by atoms with van der Waals surface area (Å²) in [5.41, 5.74) is 0.271. The van der Waals surface area contributed by atoms with Crippen LogP contribution in [-0.4, -0.2) is 24.3 Å². The Labute approximate surface area is 81.2 Å². The van der Waals surface area contributed by atoms with Gasteiger partial charge in [0.05, 0.1) is 0 Å². The molecule has 1 fully saturated rings. The minimum absolute atomic E-state index is 0. The molecule has 3 heteroatoms. The summed E-state index contributed by atoms with van der Waals surface area (Å²) in [6.45, 7) is 0.320. The molecule has 0 spiro atoms. The molecule has 0 saturated heterocycles. The van der Waals surface area contributed by atoms with Crippen molar-refractivity contribution < 1.29 is 5.11 Å². The zero-order chi connectivity index (χ0) is 8.16. The second-order valence-electron chi connectivity index (χ2n) is 3.56. The van der Waals surface area contributed by atoms with E-state index in [0.717, 1.165) is 6.42 Å². The van der Waals surface area contributed by atoms with Crippen LogP contribution in [0.25, 0.3) is 0 Å². The van der Waals surface area contributed by atoms with E-state index in [2.05, 4.69) is 5.32 Å². The largest absolute Gasteiger partial charge is 0.396 e. The number of rotatable bonds is 3. The van der Waals surface area contributed by atoms with Gasteiger partial charge in [-0.25, -0.2) is 0 Å². The van der Waals surface area contributed by atoms with Crippen LogP contribution in [0.3, 0.4) is 0 Å².